The number of phenolic OH excluding ortho intramolecular Hbond substituents is 1. The number of carboxylic acids is 1. The number of aliphatic carboxylic acids is 1. The van der Waals surface area contributed by atoms with Gasteiger partial charge in [0, 0.05) is 62.1 Å². The number of fused-ring (bicyclic) bond motifs is 2. The summed E-state index contributed by atoms with van der Waals surface area (Å²) < 4.78 is 0. The Morgan fingerprint density at radius 3 is 1.54 bits per heavy atom. The minimum atomic E-state index is -2.06. The second-order valence-electron chi connectivity index (χ2n) is 35.6. The summed E-state index contributed by atoms with van der Waals surface area (Å²) in [5.41, 5.74) is 21.1. The number of likely N-dealkylation sites (N-methyl/N-ethyl adjacent to an activating group) is 1. The number of hydrogen-bond donors (Lipinski definition) is 20. The zero-order valence-electron chi connectivity index (χ0n) is 79.0. The van der Waals surface area contributed by atoms with Crippen molar-refractivity contribution >= 4 is 129 Å². The Labute approximate surface area is 804 Å². The van der Waals surface area contributed by atoms with Crippen molar-refractivity contribution in [3.63, 3.8) is 0 Å². The van der Waals surface area contributed by atoms with Gasteiger partial charge in [-0.1, -0.05) is 163 Å². The molecule has 16 atom stereocenters. The number of para-hydroxylation sites is 1. The third kappa shape index (κ3) is 33.4. The van der Waals surface area contributed by atoms with E-state index in [1.807, 2.05) is 42.5 Å². The lowest BCUT2D eigenvalue weighted by molar-refractivity contribution is -0.148. The molecule has 0 unspecified atom stereocenters. The van der Waals surface area contributed by atoms with Crippen LogP contribution >= 0.6 is 11.8 Å². The number of nitrogens with two attached hydrogens (primary N) is 3. The van der Waals surface area contributed by atoms with Crippen LogP contribution in [0, 0.1) is 11.8 Å². The maximum atomic E-state index is 15.5. The number of benzene rings is 5. The van der Waals surface area contributed by atoms with Crippen LogP contribution in [0.4, 0.5) is 0 Å². The molecule has 2 aliphatic rings. The molecule has 23 N–H and O–H groups in total. The van der Waals surface area contributed by atoms with Crippen LogP contribution < -0.4 is 86.3 Å². The van der Waals surface area contributed by atoms with Crippen molar-refractivity contribution < 1.29 is 102 Å². The smallest absolute Gasteiger partial charge is 0.305 e. The number of phenols is 1. The van der Waals surface area contributed by atoms with E-state index in [4.69, 9.17) is 17.2 Å². The molecule has 2 aliphatic heterocycles. The van der Waals surface area contributed by atoms with E-state index < -0.39 is 252 Å². The average Bonchev–Trinajstić information content (AvgIpc) is 1.67. The van der Waals surface area contributed by atoms with Gasteiger partial charge >= 0.3 is 5.97 Å². The number of nitrogens with zero attached hydrogens (tertiary/aromatic N) is 2. The Morgan fingerprint density at radius 2 is 0.978 bits per heavy atom. The molecular formula is C97H131N19O21S. The summed E-state index contributed by atoms with van der Waals surface area (Å²) in [5.74, 6) is -20.6. The number of aliphatic hydroxyl groups is 1. The number of amides is 16. The van der Waals surface area contributed by atoms with Gasteiger partial charge in [-0.25, -0.2) is 0 Å². The van der Waals surface area contributed by atoms with Crippen molar-refractivity contribution in [3.8, 4) is 16.9 Å². The Hall–Kier alpha value is -13.7. The zero-order chi connectivity index (χ0) is 101. The summed E-state index contributed by atoms with van der Waals surface area (Å²) in [6.45, 7) is 11.9. The molecule has 8 rings (SSSR count). The maximum absolute atomic E-state index is 15.5. The largest absolute Gasteiger partial charge is 0.508 e. The van der Waals surface area contributed by atoms with Crippen molar-refractivity contribution in [2.75, 3.05) is 38.2 Å². The van der Waals surface area contributed by atoms with Crippen LogP contribution in [-0.4, -0.2) is 271 Å². The summed E-state index contributed by atoms with van der Waals surface area (Å²) in [7, 11) is 1.31. The number of aromatic hydroxyl groups is 1. The molecule has 746 valence electrons. The average molecular weight is 1930 g/mol. The van der Waals surface area contributed by atoms with Crippen molar-refractivity contribution in [2.45, 2.75) is 248 Å². The highest BCUT2D eigenvalue weighted by atomic mass is 32.2. The van der Waals surface area contributed by atoms with E-state index in [0.717, 1.165) is 34.7 Å². The van der Waals surface area contributed by atoms with Gasteiger partial charge in [-0.05, 0) is 136 Å². The Balaban J connectivity index is 1.21. The Kier molecular flexibility index (Phi) is 42.7. The molecule has 0 saturated carbocycles. The molecular weight excluding hydrogens is 1800 g/mol. The molecule has 0 radical (unpaired) electrons. The number of hydrogen-bond acceptors (Lipinski definition) is 23. The molecule has 6 aromatic rings. The number of carboxylic acid groups (broad SMARTS) is 1. The van der Waals surface area contributed by atoms with Crippen LogP contribution in [0.1, 0.15) is 148 Å². The highest BCUT2D eigenvalue weighted by molar-refractivity contribution is 8.00. The predicted octanol–water partition coefficient (Wildman–Crippen LogP) is -0.00190. The number of ketones is 1. The number of carbonyl (C=O) groups is 18. The van der Waals surface area contributed by atoms with E-state index in [1.165, 1.54) is 50.1 Å². The summed E-state index contributed by atoms with van der Waals surface area (Å²) in [4.78, 5) is 267. The second-order valence-corrected chi connectivity index (χ2v) is 36.7. The molecule has 1 aromatic heterocycles. The van der Waals surface area contributed by atoms with Crippen LogP contribution in [0.25, 0.3) is 22.0 Å². The fraction of sp³-hybridized carbons (Fsp3) is 0.485. The number of Topliss-reactive ketones (excluding diaryl/α,β-unsaturated/α-hetero) is 1. The molecule has 5 aromatic carbocycles. The number of carbonyl (C=O) groups excluding carboxylic acids is 17. The quantitative estimate of drug-likeness (QED) is 0.0275. The Bertz CT molecular complexity index is 5240. The topological polar surface area (TPSA) is 625 Å². The van der Waals surface area contributed by atoms with E-state index >= 15 is 33.6 Å². The van der Waals surface area contributed by atoms with Gasteiger partial charge < -0.3 is 111 Å². The first-order chi connectivity index (χ1) is 65.6. The van der Waals surface area contributed by atoms with Crippen LogP contribution in [0.5, 0.6) is 5.75 Å². The molecule has 0 aliphatic carbocycles. The summed E-state index contributed by atoms with van der Waals surface area (Å²) in [5, 5.41) is 67.0. The lowest BCUT2D eigenvalue weighted by Gasteiger charge is -2.34. The highest BCUT2D eigenvalue weighted by Gasteiger charge is 2.44. The van der Waals surface area contributed by atoms with E-state index in [2.05, 4.69) is 74.1 Å². The van der Waals surface area contributed by atoms with Gasteiger partial charge in [0.15, 0.2) is 5.78 Å². The number of unbranched alkanes of at least 4 members (excludes halogenated alkanes) is 2. The van der Waals surface area contributed by atoms with Gasteiger partial charge in [-0.3, -0.25) is 91.6 Å². The molecule has 3 heterocycles. The van der Waals surface area contributed by atoms with Gasteiger partial charge in [-0.2, -0.15) is 0 Å². The lowest BCUT2D eigenvalue weighted by Crippen LogP contribution is -2.62. The Morgan fingerprint density at radius 1 is 0.507 bits per heavy atom. The molecule has 0 spiro atoms. The number of aromatic amines is 1. The van der Waals surface area contributed by atoms with Crippen LogP contribution in [-0.2, 0) is 112 Å². The third-order valence-corrected chi connectivity index (χ3v) is 24.9. The van der Waals surface area contributed by atoms with Crippen LogP contribution in [0.2, 0.25) is 0 Å². The van der Waals surface area contributed by atoms with Gasteiger partial charge in [0.2, 0.25) is 94.5 Å². The normalized spacial score (nSPS) is 23.8. The zero-order valence-corrected chi connectivity index (χ0v) is 79.9. The molecule has 2 fully saturated rings. The monoisotopic (exact) mass is 1930 g/mol. The van der Waals surface area contributed by atoms with E-state index in [1.54, 1.807) is 108 Å². The molecule has 40 nitrogen and oxygen atoms in total. The van der Waals surface area contributed by atoms with Gasteiger partial charge in [0.05, 0.1) is 43.3 Å². The first-order valence-corrected chi connectivity index (χ1v) is 47.5. The van der Waals surface area contributed by atoms with Gasteiger partial charge in [0.25, 0.3) is 0 Å². The number of aliphatic hydroxyl groups excluding tert-OH is 1. The first-order valence-electron chi connectivity index (χ1n) is 46.4. The van der Waals surface area contributed by atoms with E-state index in [9.17, 15) is 68.1 Å². The summed E-state index contributed by atoms with van der Waals surface area (Å²) in [6.07, 6.45) is -2.31. The molecule has 138 heavy (non-hydrogen) atoms. The summed E-state index contributed by atoms with van der Waals surface area (Å²) in [6, 6.07) is 13.3. The minimum absolute atomic E-state index is 0.0182. The SMILES string of the molecule is CCCC[C@@H]1NC(=O)[C@H](CC(N)=O)NC(=O)[C@H]2CCCN2C(=O)[C@H](C)N(C)C(=O)[C@H](C(C)C)NC(=O)[C@H](Cc2ccc(-c3ccccc3)cc2)NC(=O)[C@H](CC(C)C)NC(=O)[C@H](Cc2c[nH]c3ccccc23)NC(=O)[C@H](CC(=O)O)NC(=O)[C@H](Cc2ccc(O)cc2)NC(=O)[C@H](Cc2ccccc2)NC(=O)CSC[C@@H](C(=O)CN[C@@H](C)C(N)=O)NC(=O)[C@H]([C@@H](C)O)NC(=O)[C@H](CCCCN)NC1=O. The van der Waals surface area contributed by atoms with Crippen molar-refractivity contribution in [1.29, 1.82) is 0 Å². The lowest BCUT2D eigenvalue weighted by atomic mass is 9.97. The van der Waals surface area contributed by atoms with Gasteiger partial charge in [0.1, 0.15) is 84.3 Å². The molecule has 41 heteroatoms. The van der Waals surface area contributed by atoms with Gasteiger partial charge in [-0.15, -0.1) is 11.8 Å². The van der Waals surface area contributed by atoms with Crippen LogP contribution in [0.3, 0.4) is 0 Å². The number of thioether (sulfide) groups is 1. The molecule has 2 saturated heterocycles. The van der Waals surface area contributed by atoms with E-state index in [0.29, 0.717) is 46.0 Å². The number of rotatable bonds is 29. The fourth-order valence-corrected chi connectivity index (χ4v) is 16.8. The highest BCUT2D eigenvalue weighted by Crippen LogP contribution is 2.26. The third-order valence-electron chi connectivity index (χ3n) is 23.9. The number of aromatic nitrogens is 1. The van der Waals surface area contributed by atoms with Crippen molar-refractivity contribution in [2.24, 2.45) is 29.0 Å². The fourth-order valence-electron chi connectivity index (χ4n) is 15.9. The predicted molar refractivity (Wildman–Crippen MR) is 513 cm³/mol. The summed E-state index contributed by atoms with van der Waals surface area (Å²) >= 11 is 0.747. The van der Waals surface area contributed by atoms with Crippen molar-refractivity contribution in [3.05, 3.63) is 162 Å². The minimum Gasteiger partial charge on any atom is -0.508 e. The first kappa shape index (κ1) is 110. The van der Waals surface area contributed by atoms with Crippen LogP contribution in [0.15, 0.2) is 140 Å². The number of primary amides is 2. The van der Waals surface area contributed by atoms with E-state index in [-0.39, 0.29) is 83.0 Å². The molecule has 16 amide bonds. The maximum Gasteiger partial charge on any atom is 0.305 e. The van der Waals surface area contributed by atoms with Crippen molar-refractivity contribution in [1.82, 2.24) is 83.9 Å². The standard InChI is InChI=1S/C97H131N19O21S/c1-10-11-28-67-85(125)104-68(30-20-21-40-98)86(126)114-83(57(8)117)95(135)112-76(78(119)50-101-55(6)84(100)124)51-138-52-80(121)103-70(43-58-23-14-12-15-24-58)88(128)107-71(45-60-34-38-64(118)39-35-60)89(129)110-75(48-81(122)123)92(132)109-73(46-63-49-102-66-29-19-18-27-65(63)66)90(130)106-69(42-53(2)3)87(127)108-72(44-59-32-36-62(37-33-59)61-25-16-13-17-26-61)93(133)113-82(54(4)5)97(137)115(9)56(7)96(136)116-41-22-31-77(116)94(134)111-74(47-79(99)120)91(131)105-67/h12-19,23-27,29,32-39,49,53-57,67-77,82-83,101-102,117-118H,10-11,20-22,28,30-31,40-48,50-52,98H2,1-9H3,(H2,99,120)(H2,100,124)(H,103,121)(H,104,125)(H,105,131)(H,106,130)(H,107,128)(H,108,127)(H,109,132)(H,110,129)(H,111,134)(H,112,135)(H,113,133)(H,114,126)(H,122,123)/t55-,56-,57+,67-,68-,69-,70-,71-,72-,73-,74-,75-,76-,77+,82-,83-/m0/s1. The molecule has 0 bridgehead atoms. The number of H-pyrrole nitrogens is 1. The number of nitrogens with one attached hydrogen (secondary N) is 14. The second kappa shape index (κ2) is 53.7.